The number of nitrogens with one attached hydrogen (secondary N) is 2. The lowest BCUT2D eigenvalue weighted by molar-refractivity contribution is -0.536. The molecule has 25 nitrogen and oxygen atoms in total. The van der Waals surface area contributed by atoms with Crippen LogP contribution in [0.2, 0.25) is 0 Å². The standard InChI is InChI=1S/C15H20N2O4.C14H19NO2.C13H17NO2.C12H17NO2.C11H15NO2.C11H17NO.C11H15NO.C7H9N.C4H6O2/c1-21-15(18)9-13-7-8-16(11-14(13)17(19)20)10-12-5-3-2-4-6-12;1-15(11-7-6-10-14(16)17-2)12-13-8-4-3-5-9-13;1-16-13(15)9-5-6-10-14-11-12-7-3-2-4-8-12;1-13(9-8-12(14)15-2)10-11-6-4-3-5-7-11;1-14-11(13)7-8-12-9-10-5-3-2-4-6-10;2*1-12(8-5-9-13)10-11-6-3-2-4-7-11;8-6-7-4-2-1-3-5-7;1-3-4(5)6-2/h2-6,13-14H,7-11H2,1H3;3-6,8-10H,7,11-12H2,1-2H3;2-5,7-9,14H,6,10-11H2,1H3;3-7H,8-10H2,1-2H3;2-6,12H,7-9H2,1H3;2-4,6-7,13H,5,8-10H2,1H3;2-4,6-7,9H,5,8,10H2,1H3;1-5H,6,8H2;3H,1H2,2H3/t13-,14+;;;;;;;;/m0......../s1. The highest BCUT2D eigenvalue weighted by atomic mass is 16.6. The Bertz CT molecular complexity index is 4050. The predicted octanol–water partition coefficient (Wildman–Crippen LogP) is 13.6. The maximum atomic E-state index is 11.4. The van der Waals surface area contributed by atoms with Crippen molar-refractivity contribution in [1.29, 1.82) is 0 Å². The molecule has 1 aliphatic heterocycles. The van der Waals surface area contributed by atoms with E-state index in [9.17, 15) is 43.7 Å². The number of methoxy groups -OCH3 is 6. The van der Waals surface area contributed by atoms with Gasteiger partial charge < -0.3 is 74.3 Å². The summed E-state index contributed by atoms with van der Waals surface area (Å²) in [6.45, 7) is 16.1. The van der Waals surface area contributed by atoms with Crippen LogP contribution in [0.5, 0.6) is 0 Å². The first-order valence-corrected chi connectivity index (χ1v) is 41.1. The highest BCUT2D eigenvalue weighted by molar-refractivity contribution is 5.82. The van der Waals surface area contributed by atoms with E-state index >= 15 is 0 Å². The van der Waals surface area contributed by atoms with Gasteiger partial charge >= 0.3 is 35.8 Å². The quantitative estimate of drug-likeness (QED) is 0.00529. The van der Waals surface area contributed by atoms with E-state index in [0.29, 0.717) is 51.9 Å². The van der Waals surface area contributed by atoms with Gasteiger partial charge in [-0.2, -0.15) is 0 Å². The number of aliphatic hydroxyl groups is 1. The molecule has 0 aromatic heterocycles. The zero-order valence-electron chi connectivity index (χ0n) is 73.9. The van der Waals surface area contributed by atoms with Gasteiger partial charge in [0.1, 0.15) is 6.29 Å². The molecule has 0 saturated carbocycles. The Balaban J connectivity index is 0.000000702. The van der Waals surface area contributed by atoms with Crippen LogP contribution in [-0.4, -0.2) is 212 Å². The van der Waals surface area contributed by atoms with Gasteiger partial charge in [0.2, 0.25) is 6.04 Å². The third-order valence-corrected chi connectivity index (χ3v) is 18.0. The van der Waals surface area contributed by atoms with Crippen molar-refractivity contribution in [3.63, 3.8) is 0 Å². The molecule has 0 bridgehead atoms. The van der Waals surface area contributed by atoms with Crippen molar-refractivity contribution in [3.05, 3.63) is 334 Å². The number of aliphatic hydroxyl groups excluding tert-OH is 1. The summed E-state index contributed by atoms with van der Waals surface area (Å²) in [5.41, 5.74) is 15.3. The molecule has 1 saturated heterocycles. The molecule has 9 rings (SSSR count). The highest BCUT2D eigenvalue weighted by Gasteiger charge is 2.39. The van der Waals surface area contributed by atoms with E-state index in [4.69, 9.17) is 10.8 Å². The van der Waals surface area contributed by atoms with Crippen LogP contribution in [-0.2, 0) is 114 Å². The molecule has 0 aliphatic carbocycles. The molecule has 0 amide bonds. The lowest BCUT2D eigenvalue weighted by Gasteiger charge is -2.33. The Kier molecular flexibility index (Phi) is 66.2. The Labute approximate surface area is 731 Å². The average Bonchev–Trinajstić information content (AvgIpc) is 0.834. The second-order valence-electron chi connectivity index (χ2n) is 28.2. The smallest absolute Gasteiger partial charge is 0.330 e. The summed E-state index contributed by atoms with van der Waals surface area (Å²) in [5.74, 6) is -1.93. The number of nitrogens with two attached hydrogens (primary N) is 1. The number of piperidine rings is 1. The number of rotatable bonds is 39. The van der Waals surface area contributed by atoms with Crippen molar-refractivity contribution >= 4 is 42.1 Å². The third kappa shape index (κ3) is 61.5. The monoisotopic (exact) mass is 1690 g/mol. The van der Waals surface area contributed by atoms with E-state index in [0.717, 1.165) is 116 Å². The average molecular weight is 1700 g/mol. The van der Waals surface area contributed by atoms with Gasteiger partial charge in [0.25, 0.3) is 0 Å². The van der Waals surface area contributed by atoms with Gasteiger partial charge in [-0.3, -0.25) is 29.4 Å². The van der Waals surface area contributed by atoms with Crippen molar-refractivity contribution in [2.45, 2.75) is 110 Å². The van der Waals surface area contributed by atoms with E-state index in [1.165, 1.54) is 93.8 Å². The van der Waals surface area contributed by atoms with Crippen molar-refractivity contribution in [2.75, 3.05) is 130 Å². The number of nitrogens with zero attached hydrogens (tertiary/aromatic N) is 6. The summed E-state index contributed by atoms with van der Waals surface area (Å²) in [6, 6.07) is 80.6. The first-order chi connectivity index (χ1) is 59.6. The van der Waals surface area contributed by atoms with E-state index in [2.05, 4.69) is 157 Å². The molecule has 5 N–H and O–H groups in total. The normalized spacial score (nSPS) is 12.3. The first-order valence-electron chi connectivity index (χ1n) is 41.1. The third-order valence-electron chi connectivity index (χ3n) is 18.0. The van der Waals surface area contributed by atoms with Crippen molar-refractivity contribution in [3.8, 4) is 0 Å². The zero-order valence-corrected chi connectivity index (χ0v) is 73.9. The Morgan fingerprint density at radius 1 is 0.463 bits per heavy atom. The van der Waals surface area contributed by atoms with Crippen LogP contribution in [0.1, 0.15) is 95.9 Å². The first kappa shape index (κ1) is 110. The molecule has 1 aliphatic rings. The molecule has 0 radical (unpaired) electrons. The number of esters is 6. The number of hydrogen-bond donors (Lipinski definition) is 4. The molecule has 8 aromatic rings. The van der Waals surface area contributed by atoms with Crippen LogP contribution in [0.15, 0.2) is 280 Å². The second-order valence-corrected chi connectivity index (χ2v) is 28.2. The fraction of sp³-hybridized carbons (Fsp3) is 0.378. The summed E-state index contributed by atoms with van der Waals surface area (Å²) in [5, 5.41) is 26.4. The lowest BCUT2D eigenvalue weighted by atomic mass is 9.89. The molecule has 2 atom stereocenters. The minimum atomic E-state index is -0.707. The maximum Gasteiger partial charge on any atom is 0.330 e. The van der Waals surface area contributed by atoms with Gasteiger partial charge in [0, 0.05) is 127 Å². The van der Waals surface area contributed by atoms with Crippen molar-refractivity contribution in [1.82, 2.24) is 35.1 Å². The maximum absolute atomic E-state index is 11.4. The SMILES string of the molecule is C=CC(=O)OC.CN(CCC=O)Cc1ccccc1.CN(CCCO)Cc1ccccc1.COC(=O)C=CCCN(C)Cc1ccccc1.COC(=O)C=CCCNCc1ccccc1.COC(=O)CCN(C)Cc1ccccc1.COC(=O)CCNCc1ccccc1.COC(=O)C[C@@H]1CCN(Cc2ccccc2)C[C@H]1[N+](=O)[O-].NCc1ccccc1. The van der Waals surface area contributed by atoms with Gasteiger partial charge in [0.05, 0.1) is 68.5 Å². The van der Waals surface area contributed by atoms with Crippen LogP contribution in [0.4, 0.5) is 0 Å². The highest BCUT2D eigenvalue weighted by Crippen LogP contribution is 2.25. The van der Waals surface area contributed by atoms with Gasteiger partial charge in [0.15, 0.2) is 0 Å². The largest absolute Gasteiger partial charge is 0.469 e. The summed E-state index contributed by atoms with van der Waals surface area (Å²) >= 11 is 0. The number of carbonyl (C=O) groups is 7. The number of nitro groups is 1. The van der Waals surface area contributed by atoms with Gasteiger partial charge in [-0.15, -0.1) is 0 Å². The predicted molar refractivity (Wildman–Crippen MR) is 488 cm³/mol. The van der Waals surface area contributed by atoms with Gasteiger partial charge in [-0.1, -0.05) is 261 Å². The van der Waals surface area contributed by atoms with E-state index in [1.54, 1.807) is 0 Å². The molecule has 668 valence electrons. The fourth-order valence-electron chi connectivity index (χ4n) is 11.3. The van der Waals surface area contributed by atoms with Crippen LogP contribution in [0, 0.1) is 16.0 Å². The van der Waals surface area contributed by atoms with E-state index in [1.807, 2.05) is 196 Å². The summed E-state index contributed by atoms with van der Waals surface area (Å²) in [4.78, 5) is 96.3. The molecule has 25 heteroatoms. The molecular weight excluding hydrogens is 1560 g/mol. The number of ether oxygens (including phenoxy) is 6. The number of hydrogen-bond acceptors (Lipinski definition) is 24. The second kappa shape index (κ2) is 74.4. The lowest BCUT2D eigenvalue weighted by Crippen LogP contribution is -2.47. The van der Waals surface area contributed by atoms with E-state index < -0.39 is 12.0 Å². The topological polar surface area (TPSA) is 305 Å². The Morgan fingerprint density at radius 2 is 0.813 bits per heavy atom. The van der Waals surface area contributed by atoms with Crippen molar-refractivity contribution < 1.29 is 72.0 Å². The summed E-state index contributed by atoms with van der Waals surface area (Å²) in [6.07, 6.45) is 13.4. The fourth-order valence-corrected chi connectivity index (χ4v) is 11.3. The Hall–Kier alpha value is -11.5. The van der Waals surface area contributed by atoms with Gasteiger partial charge in [-0.25, -0.2) is 14.4 Å². The summed E-state index contributed by atoms with van der Waals surface area (Å²) in [7, 11) is 16.4. The number of benzene rings is 8. The van der Waals surface area contributed by atoms with Crippen LogP contribution in [0.25, 0.3) is 0 Å². The van der Waals surface area contributed by atoms with Crippen LogP contribution < -0.4 is 16.4 Å². The molecular formula is C98H135N9O16. The molecule has 8 aromatic carbocycles. The Morgan fingerprint density at radius 3 is 1.16 bits per heavy atom. The number of aldehydes is 1. The molecule has 1 fully saturated rings. The van der Waals surface area contributed by atoms with Gasteiger partial charge in [-0.05, 0) is 111 Å². The van der Waals surface area contributed by atoms with Crippen LogP contribution in [0.3, 0.4) is 0 Å². The van der Waals surface area contributed by atoms with E-state index in [-0.39, 0.29) is 53.7 Å². The minimum Gasteiger partial charge on any atom is -0.469 e. The van der Waals surface area contributed by atoms with Crippen molar-refractivity contribution in [2.24, 2.45) is 11.7 Å². The molecule has 0 spiro atoms. The molecule has 123 heavy (non-hydrogen) atoms. The van der Waals surface area contributed by atoms with Crippen LogP contribution >= 0.6 is 0 Å². The number of carbonyl (C=O) groups excluding carboxylic acids is 7. The number of likely N-dealkylation sites (tertiary alicyclic amines) is 1. The molecule has 0 unspecified atom stereocenters. The zero-order chi connectivity index (χ0) is 90.6. The minimum absolute atomic E-state index is 0.126. The molecule has 1 heterocycles. The summed E-state index contributed by atoms with van der Waals surface area (Å²) < 4.78 is 26.9.